The van der Waals surface area contributed by atoms with Crippen molar-refractivity contribution < 1.29 is 14.6 Å². The first-order valence-corrected chi connectivity index (χ1v) is 8.61. The summed E-state index contributed by atoms with van der Waals surface area (Å²) in [5, 5.41) is 13.5. The number of carbonyl (C=O) groups is 1. The fourth-order valence-electron chi connectivity index (χ4n) is 2.41. The molecule has 2 heterocycles. The second-order valence-electron chi connectivity index (χ2n) is 5.25. The minimum atomic E-state index is -1.10. The molecule has 8 heteroatoms. The number of aryl methyl sites for hydroxylation is 1. The predicted octanol–water partition coefficient (Wildman–Crippen LogP) is 3.51. The van der Waals surface area contributed by atoms with Gasteiger partial charge in [0.25, 0.3) is 0 Å². The lowest BCUT2D eigenvalue weighted by Crippen LogP contribution is -2.05. The summed E-state index contributed by atoms with van der Waals surface area (Å²) < 4.78 is 5.43. The molecule has 0 unspecified atom stereocenters. The van der Waals surface area contributed by atoms with Crippen LogP contribution in [-0.2, 0) is 0 Å². The van der Waals surface area contributed by atoms with Gasteiger partial charge in [0.1, 0.15) is 11.6 Å². The minimum absolute atomic E-state index is 0.0579. The lowest BCUT2D eigenvalue weighted by molar-refractivity contribution is 0.0689. The number of nitrogens with one attached hydrogen (secondary N) is 1. The number of nitrogens with zero attached hydrogens (tertiary/aromatic N) is 3. The van der Waals surface area contributed by atoms with Gasteiger partial charge in [0.2, 0.25) is 0 Å². The molecule has 0 fully saturated rings. The third-order valence-electron chi connectivity index (χ3n) is 3.50. The highest BCUT2D eigenvalue weighted by Gasteiger charge is 2.11. The Morgan fingerprint density at radius 2 is 2.00 bits per heavy atom. The number of thioether (sulfide) groups is 1. The number of methoxy groups -OCH3 is 1. The van der Waals surface area contributed by atoms with E-state index in [0.29, 0.717) is 11.0 Å². The van der Waals surface area contributed by atoms with Gasteiger partial charge < -0.3 is 15.2 Å². The van der Waals surface area contributed by atoms with Crippen LogP contribution < -0.4 is 10.1 Å². The highest BCUT2D eigenvalue weighted by Crippen LogP contribution is 2.29. The van der Waals surface area contributed by atoms with Gasteiger partial charge in [0.15, 0.2) is 10.9 Å². The van der Waals surface area contributed by atoms with Crippen LogP contribution in [0.2, 0.25) is 0 Å². The fraction of sp³-hybridized carbons (Fsp3) is 0.176. The van der Waals surface area contributed by atoms with E-state index >= 15 is 0 Å². The highest BCUT2D eigenvalue weighted by atomic mass is 32.2. The Labute approximate surface area is 148 Å². The van der Waals surface area contributed by atoms with Crippen molar-refractivity contribution in [3.63, 3.8) is 0 Å². The number of carboxylic acids is 1. The van der Waals surface area contributed by atoms with Crippen LogP contribution in [0.15, 0.2) is 35.5 Å². The van der Waals surface area contributed by atoms with Gasteiger partial charge in [-0.05, 0) is 31.4 Å². The summed E-state index contributed by atoms with van der Waals surface area (Å²) in [6.45, 7) is 1.91. The Balaban J connectivity index is 2.02. The number of benzene rings is 1. The van der Waals surface area contributed by atoms with Crippen LogP contribution in [0.5, 0.6) is 5.75 Å². The SMILES string of the molecule is COc1cc(C)nc2ccc(Nc3cc(C(=O)O)nc(SC)n3)cc12. The number of hydrogen-bond acceptors (Lipinski definition) is 7. The molecule has 0 spiro atoms. The van der Waals surface area contributed by atoms with Crippen molar-refractivity contribution in [3.05, 3.63) is 41.7 Å². The largest absolute Gasteiger partial charge is 0.496 e. The Morgan fingerprint density at radius 1 is 1.20 bits per heavy atom. The molecule has 0 aliphatic heterocycles. The van der Waals surface area contributed by atoms with Crippen molar-refractivity contribution >= 4 is 40.1 Å². The molecular formula is C17H16N4O3S. The molecule has 2 aromatic heterocycles. The monoisotopic (exact) mass is 356 g/mol. The van der Waals surface area contributed by atoms with Crippen LogP contribution in [0.25, 0.3) is 10.9 Å². The molecule has 3 rings (SSSR count). The summed E-state index contributed by atoms with van der Waals surface area (Å²) in [5.41, 5.74) is 2.38. The molecule has 1 aromatic carbocycles. The van der Waals surface area contributed by atoms with Gasteiger partial charge in [-0.25, -0.2) is 14.8 Å². The van der Waals surface area contributed by atoms with Crippen molar-refractivity contribution in [1.29, 1.82) is 0 Å². The Hall–Kier alpha value is -2.87. The molecular weight excluding hydrogens is 340 g/mol. The fourth-order valence-corrected chi connectivity index (χ4v) is 2.78. The molecule has 0 atom stereocenters. The molecule has 0 aliphatic carbocycles. The van der Waals surface area contributed by atoms with Gasteiger partial charge in [-0.1, -0.05) is 11.8 Å². The van der Waals surface area contributed by atoms with Gasteiger partial charge >= 0.3 is 5.97 Å². The molecule has 0 aliphatic rings. The number of pyridine rings is 1. The summed E-state index contributed by atoms with van der Waals surface area (Å²) in [5.74, 6) is 0.0422. The number of hydrogen-bond donors (Lipinski definition) is 2. The Bertz CT molecular complexity index is 962. The van der Waals surface area contributed by atoms with Crippen molar-refractivity contribution in [1.82, 2.24) is 15.0 Å². The van der Waals surface area contributed by atoms with Gasteiger partial charge in [0, 0.05) is 28.9 Å². The first-order valence-electron chi connectivity index (χ1n) is 7.39. The van der Waals surface area contributed by atoms with Crippen molar-refractivity contribution in [2.24, 2.45) is 0 Å². The maximum atomic E-state index is 11.2. The minimum Gasteiger partial charge on any atom is -0.496 e. The normalized spacial score (nSPS) is 10.7. The van der Waals surface area contributed by atoms with E-state index in [9.17, 15) is 9.90 Å². The van der Waals surface area contributed by atoms with Crippen molar-refractivity contribution in [2.45, 2.75) is 12.1 Å². The summed E-state index contributed by atoms with van der Waals surface area (Å²) >= 11 is 1.28. The van der Waals surface area contributed by atoms with Crippen LogP contribution >= 0.6 is 11.8 Å². The van der Waals surface area contributed by atoms with E-state index in [4.69, 9.17) is 4.74 Å². The average Bonchev–Trinajstić information content (AvgIpc) is 2.60. The first-order chi connectivity index (χ1) is 12.0. The maximum Gasteiger partial charge on any atom is 0.354 e. The highest BCUT2D eigenvalue weighted by molar-refractivity contribution is 7.98. The van der Waals surface area contributed by atoms with E-state index in [1.165, 1.54) is 17.8 Å². The summed E-state index contributed by atoms with van der Waals surface area (Å²) in [6, 6.07) is 8.89. The molecule has 2 N–H and O–H groups in total. The number of anilines is 2. The number of fused-ring (bicyclic) bond motifs is 1. The lowest BCUT2D eigenvalue weighted by Gasteiger charge is -2.11. The molecule has 0 radical (unpaired) electrons. The van der Waals surface area contributed by atoms with E-state index in [1.807, 2.05) is 31.2 Å². The zero-order valence-electron chi connectivity index (χ0n) is 13.9. The summed E-state index contributed by atoms with van der Waals surface area (Å²) in [6.07, 6.45) is 1.79. The summed E-state index contributed by atoms with van der Waals surface area (Å²) in [7, 11) is 1.61. The van der Waals surface area contributed by atoms with E-state index in [0.717, 1.165) is 28.0 Å². The zero-order chi connectivity index (χ0) is 18.0. The standard InChI is InChI=1S/C17H16N4O3S/c1-9-6-14(24-2)11-7-10(4-5-12(11)18-9)19-15-8-13(16(22)23)20-17(21-15)25-3/h4-8H,1-3H3,(H,22,23)(H,19,20,21). The average molecular weight is 356 g/mol. The first kappa shape index (κ1) is 17.0. The van der Waals surface area contributed by atoms with Crippen LogP contribution in [0.1, 0.15) is 16.2 Å². The van der Waals surface area contributed by atoms with Gasteiger partial charge in [-0.2, -0.15) is 0 Å². The van der Waals surface area contributed by atoms with E-state index in [1.54, 1.807) is 13.4 Å². The third-order valence-corrected chi connectivity index (χ3v) is 4.05. The van der Waals surface area contributed by atoms with Crippen LogP contribution in [0.4, 0.5) is 11.5 Å². The van der Waals surface area contributed by atoms with Crippen molar-refractivity contribution in [2.75, 3.05) is 18.7 Å². The third kappa shape index (κ3) is 3.63. The van der Waals surface area contributed by atoms with Crippen LogP contribution in [0.3, 0.4) is 0 Å². The quantitative estimate of drug-likeness (QED) is 0.529. The molecule has 7 nitrogen and oxygen atoms in total. The number of rotatable bonds is 5. The van der Waals surface area contributed by atoms with Gasteiger partial charge in [-0.15, -0.1) is 0 Å². The molecule has 0 saturated carbocycles. The molecule has 25 heavy (non-hydrogen) atoms. The number of ether oxygens (including phenoxy) is 1. The smallest absolute Gasteiger partial charge is 0.354 e. The molecule has 0 saturated heterocycles. The van der Waals surface area contributed by atoms with Crippen molar-refractivity contribution in [3.8, 4) is 5.75 Å². The zero-order valence-corrected chi connectivity index (χ0v) is 14.7. The van der Waals surface area contributed by atoms with E-state index in [-0.39, 0.29) is 5.69 Å². The van der Waals surface area contributed by atoms with Crippen LogP contribution in [-0.4, -0.2) is 39.4 Å². The Morgan fingerprint density at radius 3 is 2.68 bits per heavy atom. The lowest BCUT2D eigenvalue weighted by atomic mass is 10.1. The molecule has 128 valence electrons. The molecule has 0 amide bonds. The maximum absolute atomic E-state index is 11.2. The van der Waals surface area contributed by atoms with Gasteiger partial charge in [-0.3, -0.25) is 4.98 Å². The predicted molar refractivity (Wildman–Crippen MR) is 97.1 cm³/mol. The van der Waals surface area contributed by atoms with Crippen LogP contribution in [0, 0.1) is 6.92 Å². The number of aromatic carboxylic acids is 1. The van der Waals surface area contributed by atoms with E-state index < -0.39 is 5.97 Å². The second-order valence-corrected chi connectivity index (χ2v) is 6.03. The molecule has 0 bridgehead atoms. The molecule has 3 aromatic rings. The number of carboxylic acid groups (broad SMARTS) is 1. The second kappa shape index (κ2) is 6.94. The number of aromatic nitrogens is 3. The summed E-state index contributed by atoms with van der Waals surface area (Å²) in [4.78, 5) is 24.0. The van der Waals surface area contributed by atoms with Gasteiger partial charge in [0.05, 0.1) is 12.6 Å². The topological polar surface area (TPSA) is 97.2 Å². The Kier molecular flexibility index (Phi) is 4.71. The van der Waals surface area contributed by atoms with E-state index in [2.05, 4.69) is 20.3 Å².